The van der Waals surface area contributed by atoms with Gasteiger partial charge in [-0.25, -0.2) is 0 Å². The molecule has 0 saturated carbocycles. The molecule has 0 saturated heterocycles. The Morgan fingerprint density at radius 1 is 1.11 bits per heavy atom. The monoisotopic (exact) mass is 280 g/mol. The number of rotatable bonds is 7. The van der Waals surface area contributed by atoms with Crippen LogP contribution in [0.2, 0.25) is 0 Å². The van der Waals surface area contributed by atoms with E-state index in [9.17, 15) is 0 Å². The lowest BCUT2D eigenvalue weighted by atomic mass is 9.85. The second-order valence-electron chi connectivity index (χ2n) is 6.85. The summed E-state index contributed by atoms with van der Waals surface area (Å²) >= 11 is 4.80. The summed E-state index contributed by atoms with van der Waals surface area (Å²) in [4.78, 5) is 0. The second-order valence-corrected chi connectivity index (χ2v) is 7.41. The Bertz CT molecular complexity index is 325. The van der Waals surface area contributed by atoms with Crippen LogP contribution in [0.15, 0.2) is 23.3 Å². The van der Waals surface area contributed by atoms with Gasteiger partial charge in [0, 0.05) is 5.25 Å². The lowest BCUT2D eigenvalue weighted by Crippen LogP contribution is -2.19. The number of hydrogen-bond acceptors (Lipinski definition) is 1. The van der Waals surface area contributed by atoms with Crippen LogP contribution in [0.1, 0.15) is 66.7 Å². The van der Waals surface area contributed by atoms with Crippen molar-refractivity contribution in [2.75, 3.05) is 0 Å². The third-order valence-corrected chi connectivity index (χ3v) is 5.32. The lowest BCUT2D eigenvalue weighted by molar-refractivity contribution is 0.433. The van der Waals surface area contributed by atoms with E-state index in [1.807, 2.05) is 0 Å². The van der Waals surface area contributed by atoms with Crippen molar-refractivity contribution in [3.63, 3.8) is 0 Å². The highest BCUT2D eigenvalue weighted by Crippen LogP contribution is 2.32. The first kappa shape index (κ1) is 16.9. The average molecular weight is 281 g/mol. The van der Waals surface area contributed by atoms with Gasteiger partial charge in [0.15, 0.2) is 0 Å². The van der Waals surface area contributed by atoms with E-state index in [2.05, 4.69) is 46.8 Å². The van der Waals surface area contributed by atoms with Crippen LogP contribution >= 0.6 is 12.6 Å². The molecule has 0 aromatic rings. The van der Waals surface area contributed by atoms with Crippen LogP contribution in [0.3, 0.4) is 0 Å². The zero-order chi connectivity index (χ0) is 14.4. The molecule has 0 amide bonds. The Kier molecular flexibility index (Phi) is 7.28. The molecule has 0 aliphatic heterocycles. The van der Waals surface area contributed by atoms with Crippen molar-refractivity contribution in [1.82, 2.24) is 0 Å². The summed E-state index contributed by atoms with van der Waals surface area (Å²) in [5.41, 5.74) is 3.01. The van der Waals surface area contributed by atoms with Crippen molar-refractivity contribution in [3.05, 3.63) is 23.3 Å². The first-order valence-electron chi connectivity index (χ1n) is 7.97. The smallest absolute Gasteiger partial charge is 0.0292 e. The Morgan fingerprint density at radius 2 is 1.79 bits per heavy atom. The first-order valence-corrected chi connectivity index (χ1v) is 8.48. The standard InChI is InChI=1S/C18H32S/c1-13(2)7-6-8-14(3)9-11-17-12-10-15(4)16(5)18(17)19/h10,12-14,16,18-19H,6-9,11H2,1-5H3. The molecule has 1 aliphatic rings. The normalized spacial score (nSPS) is 25.2. The summed E-state index contributed by atoms with van der Waals surface area (Å²) in [6.45, 7) is 11.6. The molecule has 19 heavy (non-hydrogen) atoms. The van der Waals surface area contributed by atoms with Gasteiger partial charge in [0.25, 0.3) is 0 Å². The minimum absolute atomic E-state index is 0.438. The Morgan fingerprint density at radius 3 is 2.42 bits per heavy atom. The Hall–Kier alpha value is -0.170. The van der Waals surface area contributed by atoms with E-state index in [0.717, 1.165) is 11.8 Å². The molecule has 3 atom stereocenters. The van der Waals surface area contributed by atoms with E-state index >= 15 is 0 Å². The van der Waals surface area contributed by atoms with Crippen LogP contribution in [0.5, 0.6) is 0 Å². The maximum Gasteiger partial charge on any atom is 0.0292 e. The third kappa shape index (κ3) is 5.77. The van der Waals surface area contributed by atoms with Gasteiger partial charge < -0.3 is 0 Å². The van der Waals surface area contributed by atoms with Gasteiger partial charge >= 0.3 is 0 Å². The van der Waals surface area contributed by atoms with E-state index < -0.39 is 0 Å². The average Bonchev–Trinajstić information content (AvgIpc) is 2.35. The van der Waals surface area contributed by atoms with Crippen molar-refractivity contribution >= 4 is 12.6 Å². The predicted octanol–water partition coefficient (Wildman–Crippen LogP) is 6.05. The zero-order valence-electron chi connectivity index (χ0n) is 13.4. The molecular weight excluding hydrogens is 248 g/mol. The fourth-order valence-electron chi connectivity index (χ4n) is 2.72. The minimum atomic E-state index is 0.438. The number of hydrogen-bond donors (Lipinski definition) is 1. The van der Waals surface area contributed by atoms with E-state index in [-0.39, 0.29) is 0 Å². The highest BCUT2D eigenvalue weighted by Gasteiger charge is 2.21. The first-order chi connectivity index (χ1) is 8.91. The van der Waals surface area contributed by atoms with Crippen LogP contribution in [-0.2, 0) is 0 Å². The molecule has 1 aliphatic carbocycles. The molecule has 0 bridgehead atoms. The topological polar surface area (TPSA) is 0 Å². The molecule has 1 heteroatoms. The Labute approximate surface area is 126 Å². The highest BCUT2D eigenvalue weighted by molar-refractivity contribution is 7.81. The summed E-state index contributed by atoms with van der Waals surface area (Å²) in [6, 6.07) is 0. The quantitative estimate of drug-likeness (QED) is 0.539. The fraction of sp³-hybridized carbons (Fsp3) is 0.778. The maximum atomic E-state index is 4.80. The van der Waals surface area contributed by atoms with Crippen molar-refractivity contribution < 1.29 is 0 Å². The molecule has 1 rings (SSSR count). The van der Waals surface area contributed by atoms with Crippen LogP contribution < -0.4 is 0 Å². The summed E-state index contributed by atoms with van der Waals surface area (Å²) < 4.78 is 0. The van der Waals surface area contributed by atoms with Gasteiger partial charge in [-0.3, -0.25) is 0 Å². The molecule has 0 aromatic carbocycles. The summed E-state index contributed by atoms with van der Waals surface area (Å²) in [7, 11) is 0. The molecule has 0 aromatic heterocycles. The predicted molar refractivity (Wildman–Crippen MR) is 90.9 cm³/mol. The molecular formula is C18H32S. The van der Waals surface area contributed by atoms with Gasteiger partial charge in [0.2, 0.25) is 0 Å². The van der Waals surface area contributed by atoms with E-state index in [1.165, 1.54) is 43.3 Å². The lowest BCUT2D eigenvalue weighted by Gasteiger charge is -2.27. The molecule has 0 N–H and O–H groups in total. The summed E-state index contributed by atoms with van der Waals surface area (Å²) in [5.74, 6) is 2.30. The van der Waals surface area contributed by atoms with Gasteiger partial charge in [0.05, 0.1) is 0 Å². The van der Waals surface area contributed by atoms with E-state index in [1.54, 1.807) is 0 Å². The molecule has 0 spiro atoms. The largest absolute Gasteiger partial charge is 0.171 e. The number of allylic oxidation sites excluding steroid dienone is 3. The maximum absolute atomic E-state index is 4.80. The van der Waals surface area contributed by atoms with Crippen LogP contribution in [0, 0.1) is 17.8 Å². The molecule has 0 fully saturated rings. The SMILES string of the molecule is CC1=CC=C(CCC(C)CCCC(C)C)C(S)C1C. The zero-order valence-corrected chi connectivity index (χ0v) is 14.3. The second kappa shape index (κ2) is 8.19. The van der Waals surface area contributed by atoms with Crippen LogP contribution in [0.25, 0.3) is 0 Å². The van der Waals surface area contributed by atoms with E-state index in [4.69, 9.17) is 12.6 Å². The van der Waals surface area contributed by atoms with Crippen LogP contribution in [-0.4, -0.2) is 5.25 Å². The molecule has 3 unspecified atom stereocenters. The summed E-state index contributed by atoms with van der Waals surface area (Å²) in [6.07, 6.45) is 11.3. The van der Waals surface area contributed by atoms with Gasteiger partial charge in [-0.1, -0.05) is 70.3 Å². The summed E-state index contributed by atoms with van der Waals surface area (Å²) in [5, 5.41) is 0.438. The van der Waals surface area contributed by atoms with Crippen molar-refractivity contribution in [3.8, 4) is 0 Å². The molecule has 0 nitrogen and oxygen atoms in total. The Balaban J connectivity index is 2.32. The van der Waals surface area contributed by atoms with Gasteiger partial charge in [-0.15, -0.1) is 0 Å². The molecule has 0 radical (unpaired) electrons. The van der Waals surface area contributed by atoms with Gasteiger partial charge in [-0.05, 0) is 37.5 Å². The van der Waals surface area contributed by atoms with Crippen LogP contribution in [0.4, 0.5) is 0 Å². The third-order valence-electron chi connectivity index (χ3n) is 4.54. The van der Waals surface area contributed by atoms with Gasteiger partial charge in [0.1, 0.15) is 0 Å². The van der Waals surface area contributed by atoms with Gasteiger partial charge in [-0.2, -0.15) is 12.6 Å². The number of thiol groups is 1. The highest BCUT2D eigenvalue weighted by atomic mass is 32.1. The van der Waals surface area contributed by atoms with Crippen molar-refractivity contribution in [1.29, 1.82) is 0 Å². The minimum Gasteiger partial charge on any atom is -0.171 e. The molecule has 110 valence electrons. The van der Waals surface area contributed by atoms with E-state index in [0.29, 0.717) is 11.2 Å². The van der Waals surface area contributed by atoms with Crippen molar-refractivity contribution in [2.24, 2.45) is 17.8 Å². The molecule has 0 heterocycles. The van der Waals surface area contributed by atoms with Crippen molar-refractivity contribution in [2.45, 2.75) is 72.0 Å². The fourth-order valence-corrected chi connectivity index (χ4v) is 3.17.